The summed E-state index contributed by atoms with van der Waals surface area (Å²) in [5.74, 6) is 1.23. The molecule has 1 rings (SSSR count). The van der Waals surface area contributed by atoms with Gasteiger partial charge in [-0.3, -0.25) is 4.79 Å². The highest BCUT2D eigenvalue weighted by Gasteiger charge is 2.10. The summed E-state index contributed by atoms with van der Waals surface area (Å²) in [5.41, 5.74) is 2.77. The summed E-state index contributed by atoms with van der Waals surface area (Å²) in [7, 11) is 0. The highest BCUT2D eigenvalue weighted by Crippen LogP contribution is 2.17. The van der Waals surface area contributed by atoms with E-state index in [0.29, 0.717) is 0 Å². The SMILES string of the molecule is CCNc1ccc(C)cc1C(=O)NCCCCCSC. The number of unbranched alkanes of at least 4 members (excludes halogenated alkanes) is 2. The number of rotatable bonds is 9. The maximum Gasteiger partial charge on any atom is 0.253 e. The predicted octanol–water partition coefficient (Wildman–Crippen LogP) is 3.69. The monoisotopic (exact) mass is 294 g/mol. The maximum atomic E-state index is 12.2. The van der Waals surface area contributed by atoms with Crippen molar-refractivity contribution >= 4 is 23.4 Å². The highest BCUT2D eigenvalue weighted by atomic mass is 32.2. The molecule has 20 heavy (non-hydrogen) atoms. The Balaban J connectivity index is 2.47. The lowest BCUT2D eigenvalue weighted by Crippen LogP contribution is -2.25. The van der Waals surface area contributed by atoms with Gasteiger partial charge in [-0.1, -0.05) is 18.1 Å². The predicted molar refractivity (Wildman–Crippen MR) is 89.9 cm³/mol. The molecule has 1 amide bonds. The zero-order valence-electron chi connectivity index (χ0n) is 12.8. The Morgan fingerprint density at radius 1 is 1.25 bits per heavy atom. The van der Waals surface area contributed by atoms with Crippen LogP contribution < -0.4 is 10.6 Å². The number of aryl methyl sites for hydroxylation is 1. The summed E-state index contributed by atoms with van der Waals surface area (Å²) in [6.45, 7) is 5.62. The van der Waals surface area contributed by atoms with Crippen molar-refractivity contribution in [2.75, 3.05) is 30.4 Å². The average Bonchev–Trinajstić information content (AvgIpc) is 2.44. The molecule has 0 heterocycles. The van der Waals surface area contributed by atoms with Gasteiger partial charge in [-0.25, -0.2) is 0 Å². The first-order chi connectivity index (χ1) is 9.69. The van der Waals surface area contributed by atoms with E-state index in [1.807, 2.05) is 43.8 Å². The molecule has 2 N–H and O–H groups in total. The van der Waals surface area contributed by atoms with Gasteiger partial charge < -0.3 is 10.6 Å². The van der Waals surface area contributed by atoms with Gasteiger partial charge in [0.15, 0.2) is 0 Å². The second-order valence-electron chi connectivity index (χ2n) is 4.89. The van der Waals surface area contributed by atoms with Crippen molar-refractivity contribution in [2.24, 2.45) is 0 Å². The first-order valence-corrected chi connectivity index (χ1v) is 8.70. The molecule has 0 aliphatic heterocycles. The number of thioether (sulfide) groups is 1. The fraction of sp³-hybridized carbons (Fsp3) is 0.562. The number of benzene rings is 1. The molecule has 1 aromatic carbocycles. The molecule has 0 spiro atoms. The maximum absolute atomic E-state index is 12.2. The molecule has 0 unspecified atom stereocenters. The molecular weight excluding hydrogens is 268 g/mol. The minimum Gasteiger partial charge on any atom is -0.385 e. The summed E-state index contributed by atoms with van der Waals surface area (Å²) in [6, 6.07) is 5.95. The van der Waals surface area contributed by atoms with Crippen molar-refractivity contribution in [1.82, 2.24) is 5.32 Å². The molecule has 4 heteroatoms. The smallest absolute Gasteiger partial charge is 0.253 e. The second kappa shape index (κ2) is 9.70. The number of anilines is 1. The molecule has 1 aromatic rings. The van der Waals surface area contributed by atoms with Gasteiger partial charge in [0.1, 0.15) is 0 Å². The third kappa shape index (κ3) is 5.87. The molecule has 112 valence electrons. The first-order valence-electron chi connectivity index (χ1n) is 7.30. The van der Waals surface area contributed by atoms with Crippen LogP contribution in [0.5, 0.6) is 0 Å². The Kier molecular flexibility index (Phi) is 8.19. The Labute approximate surface area is 126 Å². The van der Waals surface area contributed by atoms with Crippen LogP contribution in [0.1, 0.15) is 42.1 Å². The van der Waals surface area contributed by atoms with Gasteiger partial charge in [0.2, 0.25) is 0 Å². The van der Waals surface area contributed by atoms with Gasteiger partial charge in [-0.15, -0.1) is 0 Å². The van der Waals surface area contributed by atoms with Crippen LogP contribution in [0.3, 0.4) is 0 Å². The third-order valence-corrected chi connectivity index (χ3v) is 3.79. The number of carbonyl (C=O) groups excluding carboxylic acids is 1. The van der Waals surface area contributed by atoms with E-state index in [0.717, 1.165) is 36.3 Å². The van der Waals surface area contributed by atoms with Crippen molar-refractivity contribution in [3.63, 3.8) is 0 Å². The van der Waals surface area contributed by atoms with E-state index < -0.39 is 0 Å². The van der Waals surface area contributed by atoms with E-state index in [1.54, 1.807) is 0 Å². The Hall–Kier alpha value is -1.16. The largest absolute Gasteiger partial charge is 0.385 e. The number of nitrogens with one attached hydrogen (secondary N) is 2. The Morgan fingerprint density at radius 2 is 2.05 bits per heavy atom. The molecule has 0 bridgehead atoms. The fourth-order valence-corrected chi connectivity index (χ4v) is 2.53. The van der Waals surface area contributed by atoms with Gasteiger partial charge in [-0.2, -0.15) is 11.8 Å². The molecule has 0 aliphatic rings. The Bertz CT molecular complexity index is 421. The Morgan fingerprint density at radius 3 is 2.75 bits per heavy atom. The van der Waals surface area contributed by atoms with Gasteiger partial charge in [-0.05, 0) is 50.8 Å². The van der Waals surface area contributed by atoms with Crippen LogP contribution in [-0.4, -0.2) is 31.0 Å². The lowest BCUT2D eigenvalue weighted by atomic mass is 10.1. The van der Waals surface area contributed by atoms with Gasteiger partial charge in [0.05, 0.1) is 5.56 Å². The van der Waals surface area contributed by atoms with E-state index in [2.05, 4.69) is 16.9 Å². The van der Waals surface area contributed by atoms with Crippen LogP contribution in [0.15, 0.2) is 18.2 Å². The topological polar surface area (TPSA) is 41.1 Å². The molecular formula is C16H26N2OS. The molecule has 0 fully saturated rings. The van der Waals surface area contributed by atoms with E-state index >= 15 is 0 Å². The fourth-order valence-electron chi connectivity index (χ4n) is 2.04. The number of hydrogen-bond acceptors (Lipinski definition) is 3. The van der Waals surface area contributed by atoms with Gasteiger partial charge in [0, 0.05) is 18.8 Å². The molecule has 0 saturated carbocycles. The third-order valence-electron chi connectivity index (χ3n) is 3.10. The normalized spacial score (nSPS) is 10.3. The summed E-state index contributed by atoms with van der Waals surface area (Å²) < 4.78 is 0. The standard InChI is InChI=1S/C16H26N2OS/c1-4-17-15-9-8-13(2)12-14(15)16(19)18-10-6-5-7-11-20-3/h8-9,12,17H,4-7,10-11H2,1-3H3,(H,18,19). The summed E-state index contributed by atoms with van der Waals surface area (Å²) in [6.07, 6.45) is 5.58. The zero-order valence-corrected chi connectivity index (χ0v) is 13.6. The summed E-state index contributed by atoms with van der Waals surface area (Å²) >= 11 is 1.88. The zero-order chi connectivity index (χ0) is 14.8. The number of carbonyl (C=O) groups is 1. The van der Waals surface area contributed by atoms with Crippen molar-refractivity contribution in [3.8, 4) is 0 Å². The first kappa shape index (κ1) is 16.9. The van der Waals surface area contributed by atoms with Crippen molar-refractivity contribution in [1.29, 1.82) is 0 Å². The highest BCUT2D eigenvalue weighted by molar-refractivity contribution is 7.98. The average molecular weight is 294 g/mol. The minimum atomic E-state index is 0.0227. The summed E-state index contributed by atoms with van der Waals surface area (Å²) in [4.78, 5) is 12.2. The van der Waals surface area contributed by atoms with E-state index in [-0.39, 0.29) is 5.91 Å². The lowest BCUT2D eigenvalue weighted by Gasteiger charge is -2.12. The molecule has 0 aromatic heterocycles. The van der Waals surface area contributed by atoms with Crippen LogP contribution in [0, 0.1) is 6.92 Å². The quantitative estimate of drug-likeness (QED) is 0.682. The lowest BCUT2D eigenvalue weighted by molar-refractivity contribution is 0.0953. The molecule has 0 atom stereocenters. The number of amides is 1. The van der Waals surface area contributed by atoms with Crippen LogP contribution in [0.4, 0.5) is 5.69 Å². The van der Waals surface area contributed by atoms with Gasteiger partial charge in [0.25, 0.3) is 5.91 Å². The van der Waals surface area contributed by atoms with Crippen molar-refractivity contribution < 1.29 is 4.79 Å². The number of hydrogen-bond donors (Lipinski definition) is 2. The van der Waals surface area contributed by atoms with E-state index in [9.17, 15) is 4.79 Å². The summed E-state index contributed by atoms with van der Waals surface area (Å²) in [5, 5.41) is 6.26. The van der Waals surface area contributed by atoms with Crippen LogP contribution in [0.25, 0.3) is 0 Å². The van der Waals surface area contributed by atoms with Crippen LogP contribution >= 0.6 is 11.8 Å². The van der Waals surface area contributed by atoms with Crippen LogP contribution in [-0.2, 0) is 0 Å². The second-order valence-corrected chi connectivity index (χ2v) is 5.87. The van der Waals surface area contributed by atoms with Crippen LogP contribution in [0.2, 0.25) is 0 Å². The molecule has 0 saturated heterocycles. The molecule has 0 radical (unpaired) electrons. The van der Waals surface area contributed by atoms with E-state index in [4.69, 9.17) is 0 Å². The molecule has 3 nitrogen and oxygen atoms in total. The van der Waals surface area contributed by atoms with Crippen molar-refractivity contribution in [3.05, 3.63) is 29.3 Å². The minimum absolute atomic E-state index is 0.0227. The van der Waals surface area contributed by atoms with Gasteiger partial charge >= 0.3 is 0 Å². The van der Waals surface area contributed by atoms with Crippen molar-refractivity contribution in [2.45, 2.75) is 33.1 Å². The van der Waals surface area contributed by atoms with E-state index in [1.165, 1.54) is 18.6 Å². The molecule has 0 aliphatic carbocycles.